The van der Waals surface area contributed by atoms with Crippen LogP contribution in [-0.2, 0) is 19.6 Å². The number of benzene rings is 3. The fraction of sp³-hybridized carbons (Fsp3) is 0.250. The van der Waals surface area contributed by atoms with Gasteiger partial charge in [-0.05, 0) is 48.4 Å². The van der Waals surface area contributed by atoms with Crippen LogP contribution in [0.1, 0.15) is 24.0 Å². The summed E-state index contributed by atoms with van der Waals surface area (Å²) in [6, 6.07) is 19.3. The Hall–Kier alpha value is -4.38. The van der Waals surface area contributed by atoms with Crippen LogP contribution in [0, 0.1) is 0 Å². The van der Waals surface area contributed by atoms with Crippen molar-refractivity contribution in [2.45, 2.75) is 12.8 Å². The number of ether oxygens (including phenoxy) is 2. The minimum Gasteiger partial charge on any atom is -0.493 e. The highest BCUT2D eigenvalue weighted by Gasteiger charge is 2.36. The van der Waals surface area contributed by atoms with E-state index in [0.29, 0.717) is 46.4 Å². The maximum absolute atomic E-state index is 13.3. The van der Waals surface area contributed by atoms with Gasteiger partial charge in [0.2, 0.25) is 21.8 Å². The van der Waals surface area contributed by atoms with Crippen molar-refractivity contribution in [3.63, 3.8) is 0 Å². The summed E-state index contributed by atoms with van der Waals surface area (Å²) in [4.78, 5) is 30.2. The lowest BCUT2D eigenvalue weighted by Crippen LogP contribution is -2.40. The third-order valence-electron chi connectivity index (χ3n) is 6.18. The van der Waals surface area contributed by atoms with E-state index < -0.39 is 21.8 Å². The number of methoxy groups -OCH3 is 2. The van der Waals surface area contributed by atoms with Gasteiger partial charge in [-0.3, -0.25) is 18.9 Å². The summed E-state index contributed by atoms with van der Waals surface area (Å²) < 4.78 is 36.7. The highest BCUT2D eigenvalue weighted by molar-refractivity contribution is 7.92. The summed E-state index contributed by atoms with van der Waals surface area (Å²) >= 11 is 0. The van der Waals surface area contributed by atoms with Crippen molar-refractivity contribution in [3.05, 3.63) is 77.9 Å². The van der Waals surface area contributed by atoms with E-state index >= 15 is 0 Å². The normalized spacial score (nSPS) is 14.8. The second-order valence-electron chi connectivity index (χ2n) is 8.82. The Morgan fingerprint density at radius 2 is 1.67 bits per heavy atom. The first-order valence-electron chi connectivity index (χ1n) is 12.2. The maximum Gasteiger partial charge on any atom is 0.240 e. The number of nitrogens with one attached hydrogen (secondary N) is 2. The van der Waals surface area contributed by atoms with E-state index in [4.69, 9.17) is 14.5 Å². The third kappa shape index (κ3) is 6.04. The second kappa shape index (κ2) is 11.6. The van der Waals surface area contributed by atoms with Crippen LogP contribution in [0.25, 0.3) is 0 Å². The number of hydrogen-bond acceptors (Lipinski definition) is 7. The highest BCUT2D eigenvalue weighted by atomic mass is 32.2. The molecule has 3 aromatic rings. The van der Waals surface area contributed by atoms with Crippen LogP contribution < -0.4 is 24.4 Å². The van der Waals surface area contributed by atoms with Gasteiger partial charge in [0.25, 0.3) is 0 Å². The summed E-state index contributed by atoms with van der Waals surface area (Å²) in [6.45, 7) is 1.81. The van der Waals surface area contributed by atoms with Gasteiger partial charge >= 0.3 is 0 Å². The summed E-state index contributed by atoms with van der Waals surface area (Å²) in [5, 5.41) is 5.52. The molecule has 1 aliphatic heterocycles. The van der Waals surface area contributed by atoms with Crippen LogP contribution in [0.2, 0.25) is 0 Å². The van der Waals surface area contributed by atoms with E-state index in [9.17, 15) is 18.0 Å². The Morgan fingerprint density at radius 3 is 2.26 bits per heavy atom. The van der Waals surface area contributed by atoms with Gasteiger partial charge in [-0.2, -0.15) is 0 Å². The molecule has 1 heterocycles. The molecule has 0 aliphatic carbocycles. The molecular formula is C28H30N4O6S. The summed E-state index contributed by atoms with van der Waals surface area (Å²) in [6.07, 6.45) is 1.05. The minimum atomic E-state index is -3.71. The average molecular weight is 551 g/mol. The van der Waals surface area contributed by atoms with Crippen molar-refractivity contribution in [1.82, 2.24) is 5.32 Å². The van der Waals surface area contributed by atoms with Crippen LogP contribution in [0.4, 0.5) is 17.1 Å². The average Bonchev–Trinajstić information content (AvgIpc) is 3.24. The molecule has 3 aromatic carbocycles. The number of sulfonamides is 1. The van der Waals surface area contributed by atoms with Gasteiger partial charge in [-0.15, -0.1) is 0 Å². The smallest absolute Gasteiger partial charge is 0.240 e. The number of fused-ring (bicyclic) bond motifs is 1. The van der Waals surface area contributed by atoms with Gasteiger partial charge in [0.05, 0.1) is 37.6 Å². The van der Waals surface area contributed by atoms with Gasteiger partial charge < -0.3 is 20.1 Å². The zero-order valence-corrected chi connectivity index (χ0v) is 22.9. The molecule has 0 radical (unpaired) electrons. The topological polar surface area (TPSA) is 126 Å². The monoisotopic (exact) mass is 550 g/mol. The van der Waals surface area contributed by atoms with Crippen LogP contribution in [0.3, 0.4) is 0 Å². The predicted molar refractivity (Wildman–Crippen MR) is 151 cm³/mol. The number of carbonyl (C=O) groups is 2. The number of rotatable bonds is 10. The van der Waals surface area contributed by atoms with Crippen molar-refractivity contribution < 1.29 is 27.5 Å². The molecule has 10 nitrogen and oxygen atoms in total. The lowest BCUT2D eigenvalue weighted by molar-refractivity contribution is -0.119. The standard InChI is InChI=1S/C28H30N4O6S/c1-5-29-25(33)17-32(39(4,35)36)20-13-11-19(12-14-20)30-27(18-9-7-6-8-10-18)26-21-15-23(37-2)24(38-3)16-22(21)31-28(26)34/h6-16,26H,5,17H2,1-4H3,(H,29,33)(H,31,34). The Morgan fingerprint density at radius 1 is 1.03 bits per heavy atom. The molecule has 1 atom stereocenters. The van der Waals surface area contributed by atoms with Crippen LogP contribution in [-0.4, -0.2) is 59.5 Å². The number of hydrogen-bond donors (Lipinski definition) is 2. The van der Waals surface area contributed by atoms with Crippen molar-refractivity contribution >= 4 is 44.6 Å². The molecule has 1 aliphatic rings. The molecule has 39 heavy (non-hydrogen) atoms. The molecule has 4 rings (SSSR count). The van der Waals surface area contributed by atoms with Crippen LogP contribution in [0.5, 0.6) is 11.5 Å². The molecular weight excluding hydrogens is 520 g/mol. The molecule has 2 amide bonds. The molecule has 2 N–H and O–H groups in total. The van der Waals surface area contributed by atoms with E-state index in [0.717, 1.165) is 16.1 Å². The summed E-state index contributed by atoms with van der Waals surface area (Å²) in [5.41, 5.74) is 3.39. The number of aliphatic imine (C=N–C) groups is 1. The third-order valence-corrected chi connectivity index (χ3v) is 7.32. The van der Waals surface area contributed by atoms with Crippen molar-refractivity contribution in [2.24, 2.45) is 4.99 Å². The zero-order chi connectivity index (χ0) is 28.2. The van der Waals surface area contributed by atoms with Gasteiger partial charge in [-0.25, -0.2) is 8.42 Å². The Balaban J connectivity index is 1.77. The van der Waals surface area contributed by atoms with E-state index in [2.05, 4.69) is 10.6 Å². The van der Waals surface area contributed by atoms with E-state index in [1.165, 1.54) is 14.2 Å². The van der Waals surface area contributed by atoms with Crippen LogP contribution in [0.15, 0.2) is 71.7 Å². The van der Waals surface area contributed by atoms with E-state index in [1.54, 1.807) is 43.3 Å². The first-order valence-corrected chi connectivity index (χ1v) is 14.1. The first-order chi connectivity index (χ1) is 18.7. The lowest BCUT2D eigenvalue weighted by Gasteiger charge is -2.22. The molecule has 1 unspecified atom stereocenters. The Bertz CT molecular complexity index is 1510. The molecule has 0 bridgehead atoms. The second-order valence-corrected chi connectivity index (χ2v) is 10.7. The molecule has 0 saturated carbocycles. The molecule has 0 saturated heterocycles. The Kier molecular flexibility index (Phi) is 8.20. The predicted octanol–water partition coefficient (Wildman–Crippen LogP) is 3.46. The van der Waals surface area contributed by atoms with Gasteiger partial charge in [0.1, 0.15) is 12.5 Å². The van der Waals surface area contributed by atoms with Gasteiger partial charge in [0.15, 0.2) is 11.5 Å². The summed E-state index contributed by atoms with van der Waals surface area (Å²) in [5.74, 6) is -0.400. The van der Waals surface area contributed by atoms with Gasteiger partial charge in [-0.1, -0.05) is 30.3 Å². The summed E-state index contributed by atoms with van der Waals surface area (Å²) in [7, 11) is -0.656. The SMILES string of the molecule is CCNC(=O)CN(c1ccc(N=C(c2ccccc2)C2C(=O)Nc3cc(OC)c(OC)cc32)cc1)S(C)(=O)=O. The quantitative estimate of drug-likeness (QED) is 0.373. The van der Waals surface area contributed by atoms with E-state index in [1.807, 2.05) is 30.3 Å². The minimum absolute atomic E-state index is 0.246. The number of anilines is 2. The van der Waals surface area contributed by atoms with Crippen molar-refractivity contribution in [1.29, 1.82) is 0 Å². The molecule has 204 valence electrons. The van der Waals surface area contributed by atoms with Crippen molar-refractivity contribution in [3.8, 4) is 11.5 Å². The molecule has 0 aromatic heterocycles. The maximum atomic E-state index is 13.3. The first kappa shape index (κ1) is 27.6. The zero-order valence-electron chi connectivity index (χ0n) is 22.1. The highest BCUT2D eigenvalue weighted by Crippen LogP contribution is 2.42. The fourth-order valence-electron chi connectivity index (χ4n) is 4.38. The van der Waals surface area contributed by atoms with Crippen molar-refractivity contribution in [2.75, 3.05) is 43.2 Å². The van der Waals surface area contributed by atoms with Gasteiger partial charge in [0, 0.05) is 18.3 Å². The number of nitrogens with zero attached hydrogens (tertiary/aromatic N) is 2. The Labute approximate surface area is 227 Å². The number of carbonyl (C=O) groups excluding carboxylic acids is 2. The van der Waals surface area contributed by atoms with Crippen LogP contribution >= 0.6 is 0 Å². The molecule has 11 heteroatoms. The number of amides is 2. The molecule has 0 fully saturated rings. The number of likely N-dealkylation sites (N-methyl/N-ethyl adjacent to an activating group) is 1. The van der Waals surface area contributed by atoms with E-state index in [-0.39, 0.29) is 12.5 Å². The lowest BCUT2D eigenvalue weighted by atomic mass is 9.90. The molecule has 0 spiro atoms. The fourth-order valence-corrected chi connectivity index (χ4v) is 5.24. The largest absolute Gasteiger partial charge is 0.493 e.